The summed E-state index contributed by atoms with van der Waals surface area (Å²) in [7, 11) is 0. The molecule has 0 aromatic heterocycles. The summed E-state index contributed by atoms with van der Waals surface area (Å²) < 4.78 is 0. The van der Waals surface area contributed by atoms with E-state index in [0.717, 1.165) is 12.8 Å². The van der Waals surface area contributed by atoms with Crippen molar-refractivity contribution in [2.24, 2.45) is 0 Å². The molecule has 2 aliphatic rings. The van der Waals surface area contributed by atoms with Crippen molar-refractivity contribution in [3.63, 3.8) is 0 Å². The first-order valence-corrected chi connectivity index (χ1v) is 9.28. The summed E-state index contributed by atoms with van der Waals surface area (Å²) in [5, 5.41) is 3.08. The molecular weight excluding hydrogens is 372 g/mol. The molecule has 1 saturated heterocycles. The molecule has 144 valence electrons. The van der Waals surface area contributed by atoms with Crippen molar-refractivity contribution in [3.8, 4) is 0 Å². The lowest BCUT2D eigenvalue weighted by Crippen LogP contribution is -2.44. The van der Waals surface area contributed by atoms with Crippen molar-refractivity contribution in [1.29, 1.82) is 0 Å². The fourth-order valence-electron chi connectivity index (χ4n) is 3.50. The van der Waals surface area contributed by atoms with E-state index in [1.807, 2.05) is 0 Å². The lowest BCUT2D eigenvalue weighted by Gasteiger charge is -2.19. The van der Waals surface area contributed by atoms with E-state index in [1.165, 1.54) is 4.90 Å². The maximum atomic E-state index is 12.5. The predicted octanol–water partition coefficient (Wildman–Crippen LogP) is 1.75. The van der Waals surface area contributed by atoms with Crippen LogP contribution >= 0.6 is 11.6 Å². The van der Waals surface area contributed by atoms with Crippen LogP contribution in [0.5, 0.6) is 0 Å². The zero-order valence-corrected chi connectivity index (χ0v) is 15.5. The normalized spacial score (nSPS) is 17.9. The Bertz CT molecular complexity index is 776. The van der Waals surface area contributed by atoms with Crippen molar-refractivity contribution in [1.82, 2.24) is 21.1 Å². The number of urea groups is 1. The van der Waals surface area contributed by atoms with Crippen LogP contribution in [0.1, 0.15) is 48.9 Å². The van der Waals surface area contributed by atoms with Gasteiger partial charge in [0.1, 0.15) is 5.54 Å². The monoisotopic (exact) mass is 392 g/mol. The van der Waals surface area contributed by atoms with Gasteiger partial charge in [0.25, 0.3) is 11.8 Å². The number of hydrogen-bond acceptors (Lipinski definition) is 4. The van der Waals surface area contributed by atoms with Gasteiger partial charge in [-0.3, -0.25) is 30.1 Å². The third-order valence-corrected chi connectivity index (χ3v) is 5.25. The minimum atomic E-state index is -0.734. The lowest BCUT2D eigenvalue weighted by molar-refractivity contribution is -0.131. The second kappa shape index (κ2) is 7.96. The molecule has 1 aliphatic carbocycles. The number of rotatable bonds is 5. The number of hydrazine groups is 1. The van der Waals surface area contributed by atoms with E-state index in [4.69, 9.17) is 11.6 Å². The lowest BCUT2D eigenvalue weighted by atomic mass is 9.98. The number of nitrogens with zero attached hydrogens (tertiary/aromatic N) is 1. The maximum absolute atomic E-state index is 12.5. The molecule has 5 amide bonds. The summed E-state index contributed by atoms with van der Waals surface area (Å²) in [6.45, 7) is 0.165. The van der Waals surface area contributed by atoms with Gasteiger partial charge in [-0.1, -0.05) is 36.6 Å². The minimum Gasteiger partial charge on any atom is -0.323 e. The van der Waals surface area contributed by atoms with Gasteiger partial charge in [-0.15, -0.1) is 0 Å². The van der Waals surface area contributed by atoms with Gasteiger partial charge in [-0.25, -0.2) is 4.79 Å². The third-order valence-electron chi connectivity index (χ3n) is 4.92. The number of halogens is 1. The van der Waals surface area contributed by atoms with E-state index in [1.54, 1.807) is 24.3 Å². The summed E-state index contributed by atoms with van der Waals surface area (Å²) in [4.78, 5) is 49.6. The summed E-state index contributed by atoms with van der Waals surface area (Å²) in [6.07, 6.45) is 3.56. The van der Waals surface area contributed by atoms with Crippen LogP contribution in [0.3, 0.4) is 0 Å². The molecular formula is C18H21ClN4O4. The Morgan fingerprint density at radius 3 is 2.56 bits per heavy atom. The highest BCUT2D eigenvalue weighted by atomic mass is 35.5. The van der Waals surface area contributed by atoms with E-state index in [2.05, 4.69) is 16.2 Å². The fraction of sp³-hybridized carbons (Fsp3) is 0.444. The topological polar surface area (TPSA) is 108 Å². The smallest absolute Gasteiger partial charge is 0.323 e. The standard InChI is InChI=1S/C18H21ClN4O4/c19-13-7-2-1-6-12(13)15(25)22-21-14(24)8-5-11-23-16(26)18(20-17(23)27)9-3-4-10-18/h1-2,6-7H,3-5,8-11H2,(H,20,27)(H,21,24)(H,22,25). The fourth-order valence-corrected chi connectivity index (χ4v) is 3.72. The first kappa shape index (κ1) is 19.2. The van der Waals surface area contributed by atoms with Gasteiger partial charge in [0.15, 0.2) is 0 Å². The van der Waals surface area contributed by atoms with E-state index in [0.29, 0.717) is 19.3 Å². The molecule has 0 radical (unpaired) electrons. The molecule has 1 aromatic carbocycles. The first-order chi connectivity index (χ1) is 12.9. The van der Waals surface area contributed by atoms with Gasteiger partial charge < -0.3 is 5.32 Å². The van der Waals surface area contributed by atoms with Crippen molar-refractivity contribution in [3.05, 3.63) is 34.9 Å². The molecule has 1 aromatic rings. The van der Waals surface area contributed by atoms with Gasteiger partial charge >= 0.3 is 6.03 Å². The van der Waals surface area contributed by atoms with Gasteiger partial charge in [0, 0.05) is 13.0 Å². The van der Waals surface area contributed by atoms with Gasteiger partial charge in [-0.05, 0) is 31.4 Å². The average Bonchev–Trinajstić information content (AvgIpc) is 3.20. The molecule has 27 heavy (non-hydrogen) atoms. The van der Waals surface area contributed by atoms with Crippen LogP contribution in [0, 0.1) is 0 Å². The molecule has 0 unspecified atom stereocenters. The molecule has 8 nitrogen and oxygen atoms in total. The van der Waals surface area contributed by atoms with Crippen molar-refractivity contribution in [2.45, 2.75) is 44.1 Å². The number of amides is 5. The van der Waals surface area contributed by atoms with Crippen molar-refractivity contribution in [2.75, 3.05) is 6.54 Å². The molecule has 1 saturated carbocycles. The number of benzene rings is 1. The van der Waals surface area contributed by atoms with Crippen LogP contribution in [0.25, 0.3) is 0 Å². The Balaban J connectivity index is 1.42. The molecule has 3 rings (SSSR count). The summed E-state index contributed by atoms with van der Waals surface area (Å²) in [5.41, 5.74) is 4.11. The van der Waals surface area contributed by atoms with Crippen LogP contribution in [-0.2, 0) is 9.59 Å². The van der Waals surface area contributed by atoms with E-state index >= 15 is 0 Å². The number of carbonyl (C=O) groups excluding carboxylic acids is 4. The van der Waals surface area contributed by atoms with Gasteiger partial charge in [0.05, 0.1) is 10.6 Å². The third kappa shape index (κ3) is 4.05. The van der Waals surface area contributed by atoms with Crippen LogP contribution < -0.4 is 16.2 Å². The molecule has 9 heteroatoms. The number of hydrogen-bond donors (Lipinski definition) is 3. The Hall–Kier alpha value is -2.61. The Morgan fingerprint density at radius 2 is 1.85 bits per heavy atom. The SMILES string of the molecule is O=C(CCCN1C(=O)NC2(CCCC2)C1=O)NNC(=O)c1ccccc1Cl. The second-order valence-electron chi connectivity index (χ2n) is 6.76. The summed E-state index contributed by atoms with van der Waals surface area (Å²) in [5.74, 6) is -1.14. The predicted molar refractivity (Wildman–Crippen MR) is 97.7 cm³/mol. The minimum absolute atomic E-state index is 0.0624. The van der Waals surface area contributed by atoms with E-state index < -0.39 is 23.4 Å². The number of imide groups is 1. The van der Waals surface area contributed by atoms with Crippen LogP contribution in [0.2, 0.25) is 5.02 Å². The second-order valence-corrected chi connectivity index (χ2v) is 7.17. The molecule has 1 spiro atoms. The highest BCUT2D eigenvalue weighted by Crippen LogP contribution is 2.35. The molecule has 0 atom stereocenters. The van der Waals surface area contributed by atoms with E-state index in [-0.39, 0.29) is 29.5 Å². The zero-order valence-electron chi connectivity index (χ0n) is 14.7. The van der Waals surface area contributed by atoms with E-state index in [9.17, 15) is 19.2 Å². The highest BCUT2D eigenvalue weighted by Gasteiger charge is 2.51. The highest BCUT2D eigenvalue weighted by molar-refractivity contribution is 6.33. The van der Waals surface area contributed by atoms with Crippen LogP contribution in [-0.4, -0.2) is 40.7 Å². The molecule has 3 N–H and O–H groups in total. The quantitative estimate of drug-likeness (QED) is 0.524. The molecule has 1 aliphatic heterocycles. The Morgan fingerprint density at radius 1 is 1.15 bits per heavy atom. The first-order valence-electron chi connectivity index (χ1n) is 8.91. The summed E-state index contributed by atoms with van der Waals surface area (Å²) in [6, 6.07) is 6.09. The van der Waals surface area contributed by atoms with Gasteiger partial charge in [-0.2, -0.15) is 0 Å². The maximum Gasteiger partial charge on any atom is 0.325 e. The number of nitrogens with one attached hydrogen (secondary N) is 3. The molecule has 0 bridgehead atoms. The summed E-state index contributed by atoms with van der Waals surface area (Å²) >= 11 is 5.92. The zero-order chi connectivity index (χ0) is 19.4. The average molecular weight is 393 g/mol. The largest absolute Gasteiger partial charge is 0.325 e. The van der Waals surface area contributed by atoms with Crippen LogP contribution in [0.4, 0.5) is 4.79 Å². The van der Waals surface area contributed by atoms with Crippen molar-refractivity contribution >= 4 is 35.4 Å². The molecule has 1 heterocycles. The molecule has 2 fully saturated rings. The van der Waals surface area contributed by atoms with Crippen LogP contribution in [0.15, 0.2) is 24.3 Å². The van der Waals surface area contributed by atoms with Gasteiger partial charge in [0.2, 0.25) is 5.91 Å². The Labute approximate surface area is 161 Å². The number of carbonyl (C=O) groups is 4. The Kier molecular flexibility index (Phi) is 5.65. The van der Waals surface area contributed by atoms with Crippen molar-refractivity contribution < 1.29 is 19.2 Å².